The highest BCUT2D eigenvalue weighted by atomic mass is 16.5. The zero-order chi connectivity index (χ0) is 20.3. The number of hydrogen-bond donors (Lipinski definition) is 2. The smallest absolute Gasteiger partial charge is 0.332 e. The van der Waals surface area contributed by atoms with Crippen molar-refractivity contribution < 1.29 is 33.7 Å². The Morgan fingerprint density at radius 3 is 2.25 bits per heavy atom. The van der Waals surface area contributed by atoms with E-state index in [9.17, 15) is 14.4 Å². The number of ether oxygens (including phenoxy) is 3. The van der Waals surface area contributed by atoms with E-state index in [2.05, 4.69) is 5.32 Å². The zero-order valence-corrected chi connectivity index (χ0v) is 15.9. The van der Waals surface area contributed by atoms with Crippen molar-refractivity contribution in [1.29, 1.82) is 0 Å². The van der Waals surface area contributed by atoms with Crippen molar-refractivity contribution in [2.24, 2.45) is 0 Å². The molecule has 0 aliphatic carbocycles. The lowest BCUT2D eigenvalue weighted by molar-refractivity contribution is -0.150. The molecule has 0 saturated carbocycles. The van der Waals surface area contributed by atoms with Crippen molar-refractivity contribution >= 4 is 23.5 Å². The number of hydrogen-bond acceptors (Lipinski definition) is 6. The largest absolute Gasteiger partial charge is 0.493 e. The molecule has 1 aromatic carbocycles. The molecule has 2 aliphatic heterocycles. The molecule has 2 atom stereocenters. The van der Waals surface area contributed by atoms with E-state index in [0.717, 1.165) is 12.8 Å². The first-order chi connectivity index (χ1) is 13.4. The van der Waals surface area contributed by atoms with E-state index >= 15 is 0 Å². The van der Waals surface area contributed by atoms with Gasteiger partial charge in [0.2, 0.25) is 0 Å². The summed E-state index contributed by atoms with van der Waals surface area (Å²) in [5.41, 5.74) is 0.572. The lowest BCUT2D eigenvalue weighted by Gasteiger charge is -2.21. The van der Waals surface area contributed by atoms with Gasteiger partial charge in [0.1, 0.15) is 6.10 Å². The topological polar surface area (TPSA) is 114 Å². The maximum Gasteiger partial charge on any atom is 0.332 e. The normalized spacial score (nSPS) is 21.4. The molecule has 152 valence electrons. The fourth-order valence-corrected chi connectivity index (χ4v) is 3.47. The number of anilines is 1. The van der Waals surface area contributed by atoms with Crippen molar-refractivity contribution in [2.75, 3.05) is 32.6 Å². The van der Waals surface area contributed by atoms with Gasteiger partial charge in [0.15, 0.2) is 17.6 Å². The third kappa shape index (κ3) is 4.04. The zero-order valence-electron chi connectivity index (χ0n) is 15.9. The highest BCUT2D eigenvalue weighted by Crippen LogP contribution is 2.35. The summed E-state index contributed by atoms with van der Waals surface area (Å²) in [5.74, 6) is -1.04. The molecule has 2 fully saturated rings. The summed E-state index contributed by atoms with van der Waals surface area (Å²) in [5, 5.41) is 11.7. The van der Waals surface area contributed by atoms with Gasteiger partial charge in [-0.05, 0) is 31.7 Å². The van der Waals surface area contributed by atoms with Crippen LogP contribution in [0.2, 0.25) is 0 Å². The summed E-state index contributed by atoms with van der Waals surface area (Å²) in [6.45, 7) is 1.32. The molecule has 0 unspecified atom stereocenters. The summed E-state index contributed by atoms with van der Waals surface area (Å²) in [7, 11) is 2.93. The number of likely N-dealkylation sites (tertiary alicyclic amines) is 1. The molecule has 2 saturated heterocycles. The van der Waals surface area contributed by atoms with E-state index < -0.39 is 24.1 Å². The van der Waals surface area contributed by atoms with Crippen LogP contribution in [0.5, 0.6) is 11.5 Å². The number of aliphatic carboxylic acids is 1. The van der Waals surface area contributed by atoms with Crippen LogP contribution in [0.4, 0.5) is 5.69 Å². The van der Waals surface area contributed by atoms with Crippen LogP contribution >= 0.6 is 0 Å². The van der Waals surface area contributed by atoms with Crippen LogP contribution in [-0.4, -0.2) is 67.3 Å². The molecule has 9 heteroatoms. The van der Waals surface area contributed by atoms with Gasteiger partial charge in [-0.3, -0.25) is 9.59 Å². The van der Waals surface area contributed by atoms with Crippen LogP contribution in [0.1, 0.15) is 36.0 Å². The number of nitrogens with zero attached hydrogens (tertiary/aromatic N) is 1. The van der Waals surface area contributed by atoms with E-state index in [1.165, 1.54) is 20.3 Å². The van der Waals surface area contributed by atoms with Crippen molar-refractivity contribution in [3.63, 3.8) is 0 Å². The molecule has 9 nitrogen and oxygen atoms in total. The quantitative estimate of drug-likeness (QED) is 0.754. The minimum absolute atomic E-state index is 0.204. The first-order valence-electron chi connectivity index (χ1n) is 9.19. The summed E-state index contributed by atoms with van der Waals surface area (Å²) in [4.78, 5) is 38.3. The summed E-state index contributed by atoms with van der Waals surface area (Å²) in [6.07, 6.45) is 0.556. The average Bonchev–Trinajstić information content (AvgIpc) is 3.38. The van der Waals surface area contributed by atoms with Crippen molar-refractivity contribution in [1.82, 2.24) is 4.90 Å². The predicted molar refractivity (Wildman–Crippen MR) is 98.8 cm³/mol. The Labute approximate surface area is 162 Å². The number of nitrogens with one attached hydrogen (secondary N) is 1. The number of carbonyl (C=O) groups is 3. The van der Waals surface area contributed by atoms with Crippen LogP contribution in [0.25, 0.3) is 0 Å². The monoisotopic (exact) mass is 392 g/mol. The van der Waals surface area contributed by atoms with Gasteiger partial charge >= 0.3 is 5.97 Å². The van der Waals surface area contributed by atoms with E-state index in [0.29, 0.717) is 36.6 Å². The Bertz CT molecular complexity index is 774. The second-order valence-electron chi connectivity index (χ2n) is 6.77. The number of amides is 2. The lowest BCUT2D eigenvalue weighted by atomic mass is 10.1. The van der Waals surface area contributed by atoms with Crippen LogP contribution in [0.15, 0.2) is 12.1 Å². The molecule has 0 spiro atoms. The third-order valence-electron chi connectivity index (χ3n) is 4.99. The standard InChI is InChI=1S/C19H24N2O7/c1-26-15-9-11(18(23)21-7-3-4-8-21)12(10-16(15)27-2)20-17(22)13-5-6-14(28-13)19(24)25/h9-10,13-14H,3-8H2,1-2H3,(H,20,22)(H,24,25)/t13-,14+/m0/s1. The maximum atomic E-state index is 12.9. The highest BCUT2D eigenvalue weighted by molar-refractivity contribution is 6.05. The van der Waals surface area contributed by atoms with Crippen molar-refractivity contribution in [3.05, 3.63) is 17.7 Å². The van der Waals surface area contributed by atoms with Crippen molar-refractivity contribution in [2.45, 2.75) is 37.9 Å². The number of benzene rings is 1. The van der Waals surface area contributed by atoms with E-state index in [1.807, 2.05) is 0 Å². The molecule has 0 aromatic heterocycles. The Hall–Kier alpha value is -2.81. The van der Waals surface area contributed by atoms with Gasteiger partial charge in [-0.15, -0.1) is 0 Å². The molecule has 28 heavy (non-hydrogen) atoms. The molecule has 0 radical (unpaired) electrons. The van der Waals surface area contributed by atoms with Gasteiger partial charge < -0.3 is 29.5 Å². The summed E-state index contributed by atoms with van der Waals surface area (Å²) < 4.78 is 15.9. The van der Waals surface area contributed by atoms with Gasteiger partial charge in [0.05, 0.1) is 25.5 Å². The fourth-order valence-electron chi connectivity index (χ4n) is 3.47. The molecule has 2 aliphatic rings. The maximum absolute atomic E-state index is 12.9. The van der Waals surface area contributed by atoms with Crippen LogP contribution in [0, 0.1) is 0 Å². The molecule has 3 rings (SSSR count). The average molecular weight is 392 g/mol. The molecule has 0 bridgehead atoms. The summed E-state index contributed by atoms with van der Waals surface area (Å²) in [6, 6.07) is 3.08. The molecular formula is C19H24N2O7. The molecular weight excluding hydrogens is 368 g/mol. The van der Waals surface area contributed by atoms with Gasteiger partial charge in [-0.25, -0.2) is 4.79 Å². The Morgan fingerprint density at radius 2 is 1.68 bits per heavy atom. The number of carbonyl (C=O) groups excluding carboxylic acids is 2. The second kappa shape index (κ2) is 8.47. The fraction of sp³-hybridized carbons (Fsp3) is 0.526. The highest BCUT2D eigenvalue weighted by Gasteiger charge is 2.35. The van der Waals surface area contributed by atoms with Crippen LogP contribution in [0.3, 0.4) is 0 Å². The van der Waals surface area contributed by atoms with E-state index in [1.54, 1.807) is 11.0 Å². The summed E-state index contributed by atoms with van der Waals surface area (Å²) >= 11 is 0. The van der Waals surface area contributed by atoms with Gasteiger partial charge in [-0.2, -0.15) is 0 Å². The molecule has 2 N–H and O–H groups in total. The number of methoxy groups -OCH3 is 2. The third-order valence-corrected chi connectivity index (χ3v) is 4.99. The number of rotatable bonds is 6. The number of carboxylic acid groups (broad SMARTS) is 1. The first-order valence-corrected chi connectivity index (χ1v) is 9.19. The van der Waals surface area contributed by atoms with Gasteiger partial charge in [-0.1, -0.05) is 0 Å². The Kier molecular flexibility index (Phi) is 6.03. The Morgan fingerprint density at radius 1 is 1.07 bits per heavy atom. The predicted octanol–water partition coefficient (Wildman–Crippen LogP) is 1.51. The minimum atomic E-state index is -1.09. The number of carboxylic acids is 1. The van der Waals surface area contributed by atoms with Gasteiger partial charge in [0.25, 0.3) is 11.8 Å². The van der Waals surface area contributed by atoms with E-state index in [-0.39, 0.29) is 18.0 Å². The van der Waals surface area contributed by atoms with Crippen LogP contribution < -0.4 is 14.8 Å². The SMILES string of the molecule is COc1cc(NC(=O)[C@@H]2CC[C@H](C(=O)O)O2)c(C(=O)N2CCCC2)cc1OC. The van der Waals surface area contributed by atoms with Crippen molar-refractivity contribution in [3.8, 4) is 11.5 Å². The molecule has 1 aromatic rings. The molecule has 2 heterocycles. The Balaban J connectivity index is 1.86. The first kappa shape index (κ1) is 19.9. The minimum Gasteiger partial charge on any atom is -0.493 e. The second-order valence-corrected chi connectivity index (χ2v) is 6.77. The van der Waals surface area contributed by atoms with E-state index in [4.69, 9.17) is 19.3 Å². The van der Waals surface area contributed by atoms with Crippen LogP contribution in [-0.2, 0) is 14.3 Å². The lowest BCUT2D eigenvalue weighted by Crippen LogP contribution is -2.32. The van der Waals surface area contributed by atoms with Gasteiger partial charge in [0, 0.05) is 19.2 Å². The molecule has 2 amide bonds.